The van der Waals surface area contributed by atoms with E-state index >= 15 is 0 Å². The molecule has 1 aromatic rings. The lowest BCUT2D eigenvalue weighted by molar-refractivity contribution is -0.138. The Labute approximate surface area is 96.4 Å². The molecule has 0 bridgehead atoms. The molecule has 0 unspecified atom stereocenters. The number of thioether (sulfide) groups is 1. The molecule has 0 atom stereocenters. The van der Waals surface area contributed by atoms with Gasteiger partial charge in [-0.25, -0.2) is 0 Å². The zero-order chi connectivity index (χ0) is 11.3. The molecule has 0 aromatic heterocycles. The van der Waals surface area contributed by atoms with Crippen LogP contribution in [0.4, 0.5) is 0 Å². The molecule has 1 aromatic carbocycles. The second-order valence-electron chi connectivity index (χ2n) is 2.86. The molecule has 1 rings (SSSR count). The van der Waals surface area contributed by atoms with E-state index in [1.807, 2.05) is 12.1 Å². The molecule has 0 radical (unpaired) electrons. The number of carbonyl (C=O) groups is 2. The van der Waals surface area contributed by atoms with Crippen LogP contribution in [0.1, 0.15) is 12.0 Å². The maximum Gasteiger partial charge on any atom is 0.311 e. The van der Waals surface area contributed by atoms with Gasteiger partial charge in [0, 0.05) is 10.8 Å². The zero-order valence-electron chi connectivity index (χ0n) is 7.77. The minimum absolute atomic E-state index is 0.336. The van der Waals surface area contributed by atoms with Crippen LogP contribution >= 0.6 is 23.4 Å². The Morgan fingerprint density at radius 3 is 2.40 bits per heavy atom. The molecule has 0 heterocycles. The lowest BCUT2D eigenvalue weighted by Gasteiger charge is -1.99. The summed E-state index contributed by atoms with van der Waals surface area (Å²) < 4.78 is 0. The Morgan fingerprint density at radius 1 is 1.27 bits per heavy atom. The monoisotopic (exact) mass is 244 g/mol. The van der Waals surface area contributed by atoms with Crippen molar-refractivity contribution < 1.29 is 14.7 Å². The molecule has 0 amide bonds. The normalized spacial score (nSPS) is 9.93. The van der Waals surface area contributed by atoms with Gasteiger partial charge in [0.1, 0.15) is 6.42 Å². The number of benzene rings is 1. The lowest BCUT2D eigenvalue weighted by Crippen LogP contribution is -2.02. The molecule has 0 saturated heterocycles. The molecule has 3 nitrogen and oxygen atoms in total. The predicted molar refractivity (Wildman–Crippen MR) is 60.0 cm³/mol. The van der Waals surface area contributed by atoms with Gasteiger partial charge in [-0.05, 0) is 17.7 Å². The summed E-state index contributed by atoms with van der Waals surface area (Å²) in [4.78, 5) is 21.3. The standard InChI is InChI=1S/C10H9ClO3S/c11-8-3-1-7(2-4-8)6-15-10(14)5-9(12)13/h1-4H,5-6H2,(H,12,13). The van der Waals surface area contributed by atoms with Gasteiger partial charge in [0.2, 0.25) is 0 Å². The highest BCUT2D eigenvalue weighted by atomic mass is 35.5. The number of carboxylic acid groups (broad SMARTS) is 1. The minimum Gasteiger partial charge on any atom is -0.481 e. The predicted octanol–water partition coefficient (Wildman–Crippen LogP) is 2.57. The summed E-state index contributed by atoms with van der Waals surface area (Å²) in [6.45, 7) is 0. The van der Waals surface area contributed by atoms with Crippen LogP contribution in [0.2, 0.25) is 5.02 Å². The first-order chi connectivity index (χ1) is 7.08. The van der Waals surface area contributed by atoms with E-state index in [1.54, 1.807) is 12.1 Å². The van der Waals surface area contributed by atoms with Crippen LogP contribution < -0.4 is 0 Å². The number of hydrogen-bond acceptors (Lipinski definition) is 3. The van der Waals surface area contributed by atoms with E-state index in [0.717, 1.165) is 17.3 Å². The van der Waals surface area contributed by atoms with Crippen LogP contribution in [-0.4, -0.2) is 16.2 Å². The topological polar surface area (TPSA) is 54.4 Å². The smallest absolute Gasteiger partial charge is 0.311 e. The van der Waals surface area contributed by atoms with Crippen LogP contribution in [0.5, 0.6) is 0 Å². The number of halogens is 1. The van der Waals surface area contributed by atoms with Gasteiger partial charge in [0.05, 0.1) is 0 Å². The van der Waals surface area contributed by atoms with Crippen LogP contribution in [0.25, 0.3) is 0 Å². The Hall–Kier alpha value is -1.00. The van der Waals surface area contributed by atoms with Crippen LogP contribution in [-0.2, 0) is 15.3 Å². The first-order valence-electron chi connectivity index (χ1n) is 4.20. The highest BCUT2D eigenvalue weighted by Crippen LogP contribution is 2.16. The van der Waals surface area contributed by atoms with Gasteiger partial charge in [-0.2, -0.15) is 0 Å². The van der Waals surface area contributed by atoms with E-state index in [1.165, 1.54) is 0 Å². The van der Waals surface area contributed by atoms with Crippen LogP contribution in [0.3, 0.4) is 0 Å². The van der Waals surface area contributed by atoms with E-state index in [-0.39, 0.29) is 5.12 Å². The third kappa shape index (κ3) is 4.85. The van der Waals surface area contributed by atoms with Gasteiger partial charge in [-0.3, -0.25) is 9.59 Å². The number of hydrogen-bond donors (Lipinski definition) is 1. The Morgan fingerprint density at radius 2 is 1.87 bits per heavy atom. The largest absolute Gasteiger partial charge is 0.481 e. The van der Waals surface area contributed by atoms with Crippen molar-refractivity contribution in [2.75, 3.05) is 0 Å². The summed E-state index contributed by atoms with van der Waals surface area (Å²) in [5.74, 6) is -0.618. The van der Waals surface area contributed by atoms with Crippen molar-refractivity contribution in [1.29, 1.82) is 0 Å². The molecular weight excluding hydrogens is 236 g/mol. The van der Waals surface area contributed by atoms with Gasteiger partial charge in [-0.15, -0.1) is 0 Å². The molecule has 0 spiro atoms. The Kier molecular flexibility index (Phi) is 4.65. The van der Waals surface area contributed by atoms with E-state index < -0.39 is 12.4 Å². The number of rotatable bonds is 4. The summed E-state index contributed by atoms with van der Waals surface area (Å²) in [6, 6.07) is 7.09. The molecule has 0 saturated carbocycles. The SMILES string of the molecule is O=C(O)CC(=O)SCc1ccc(Cl)cc1. The fourth-order valence-electron chi connectivity index (χ4n) is 0.919. The first kappa shape index (κ1) is 12.1. The second kappa shape index (κ2) is 5.78. The molecular formula is C10H9ClO3S. The molecule has 0 aliphatic rings. The van der Waals surface area contributed by atoms with Crippen LogP contribution in [0.15, 0.2) is 24.3 Å². The zero-order valence-corrected chi connectivity index (χ0v) is 9.35. The van der Waals surface area contributed by atoms with Crippen LogP contribution in [0, 0.1) is 0 Å². The summed E-state index contributed by atoms with van der Waals surface area (Å²) in [5, 5.41) is 8.67. The summed E-state index contributed by atoms with van der Waals surface area (Å²) in [5.41, 5.74) is 0.947. The fourth-order valence-corrected chi connectivity index (χ4v) is 1.79. The van der Waals surface area contributed by atoms with E-state index in [9.17, 15) is 9.59 Å². The number of carbonyl (C=O) groups excluding carboxylic acids is 1. The van der Waals surface area contributed by atoms with Crippen molar-refractivity contribution in [2.45, 2.75) is 12.2 Å². The molecule has 0 fully saturated rings. The summed E-state index contributed by atoms with van der Waals surface area (Å²) >= 11 is 6.69. The highest BCUT2D eigenvalue weighted by molar-refractivity contribution is 8.13. The van der Waals surface area contributed by atoms with E-state index in [4.69, 9.17) is 16.7 Å². The van der Waals surface area contributed by atoms with Gasteiger partial charge in [-0.1, -0.05) is 35.5 Å². The quantitative estimate of drug-likeness (QED) is 0.827. The lowest BCUT2D eigenvalue weighted by atomic mass is 10.2. The number of carboxylic acids is 1. The fraction of sp³-hybridized carbons (Fsp3) is 0.200. The van der Waals surface area contributed by atoms with Gasteiger partial charge in [0.15, 0.2) is 5.12 Å². The summed E-state index contributed by atoms with van der Waals surface area (Å²) in [6.07, 6.45) is -0.432. The number of aliphatic carboxylic acids is 1. The molecule has 0 aliphatic heterocycles. The van der Waals surface area contributed by atoms with Gasteiger partial charge < -0.3 is 5.11 Å². The van der Waals surface area contributed by atoms with Crippen molar-refractivity contribution in [3.63, 3.8) is 0 Å². The van der Waals surface area contributed by atoms with Crippen molar-refractivity contribution in [2.24, 2.45) is 0 Å². The van der Waals surface area contributed by atoms with E-state index in [0.29, 0.717) is 10.8 Å². The average Bonchev–Trinajstić information content (AvgIpc) is 2.16. The van der Waals surface area contributed by atoms with Crippen molar-refractivity contribution >= 4 is 34.4 Å². The minimum atomic E-state index is -1.09. The molecule has 15 heavy (non-hydrogen) atoms. The third-order valence-electron chi connectivity index (χ3n) is 1.61. The summed E-state index contributed by atoms with van der Waals surface area (Å²) in [7, 11) is 0. The van der Waals surface area contributed by atoms with Gasteiger partial charge in [0.25, 0.3) is 0 Å². The maximum atomic E-state index is 11.0. The van der Waals surface area contributed by atoms with Crippen molar-refractivity contribution in [3.8, 4) is 0 Å². The Bertz CT molecular complexity index is 361. The molecule has 80 valence electrons. The average molecular weight is 245 g/mol. The second-order valence-corrected chi connectivity index (χ2v) is 4.33. The molecule has 5 heteroatoms. The van der Waals surface area contributed by atoms with Crippen molar-refractivity contribution in [1.82, 2.24) is 0 Å². The Balaban J connectivity index is 2.40. The molecule has 1 N–H and O–H groups in total. The first-order valence-corrected chi connectivity index (χ1v) is 5.56. The molecule has 0 aliphatic carbocycles. The maximum absolute atomic E-state index is 11.0. The third-order valence-corrected chi connectivity index (χ3v) is 2.80. The highest BCUT2D eigenvalue weighted by Gasteiger charge is 2.08. The van der Waals surface area contributed by atoms with Crippen molar-refractivity contribution in [3.05, 3.63) is 34.9 Å². The van der Waals surface area contributed by atoms with Gasteiger partial charge >= 0.3 is 5.97 Å². The van der Waals surface area contributed by atoms with E-state index in [2.05, 4.69) is 0 Å².